The van der Waals surface area contributed by atoms with Gasteiger partial charge in [0.2, 0.25) is 5.82 Å². The van der Waals surface area contributed by atoms with E-state index in [1.165, 1.54) is 0 Å². The first-order valence-corrected chi connectivity index (χ1v) is 7.69. The molecule has 0 radical (unpaired) electrons. The molecule has 0 saturated heterocycles. The van der Waals surface area contributed by atoms with Crippen molar-refractivity contribution in [2.45, 2.75) is 33.2 Å². The molecule has 0 unspecified atom stereocenters. The fourth-order valence-electron chi connectivity index (χ4n) is 2.60. The van der Waals surface area contributed by atoms with E-state index in [1.54, 1.807) is 34.9 Å². The van der Waals surface area contributed by atoms with Crippen LogP contribution in [0.4, 0.5) is 0 Å². The van der Waals surface area contributed by atoms with E-state index in [1.807, 2.05) is 26.8 Å². The summed E-state index contributed by atoms with van der Waals surface area (Å²) in [6, 6.07) is 1.84. The van der Waals surface area contributed by atoms with Crippen molar-refractivity contribution in [3.8, 4) is 0 Å². The monoisotopic (exact) mass is 325 g/mol. The molecule has 0 spiro atoms. The predicted octanol–water partition coefficient (Wildman–Crippen LogP) is 1.23. The van der Waals surface area contributed by atoms with Crippen LogP contribution < -0.4 is 0 Å². The zero-order valence-electron chi connectivity index (χ0n) is 14.1. The zero-order chi connectivity index (χ0) is 17.3. The van der Waals surface area contributed by atoms with Crippen molar-refractivity contribution < 1.29 is 4.79 Å². The molecule has 24 heavy (non-hydrogen) atoms. The van der Waals surface area contributed by atoms with Crippen LogP contribution >= 0.6 is 0 Å². The Hall–Kier alpha value is -2.90. The van der Waals surface area contributed by atoms with Gasteiger partial charge in [-0.3, -0.25) is 19.2 Å². The van der Waals surface area contributed by atoms with Gasteiger partial charge in [0.1, 0.15) is 0 Å². The van der Waals surface area contributed by atoms with E-state index in [-0.39, 0.29) is 17.8 Å². The molecule has 8 nitrogen and oxygen atoms in total. The molecular formula is C16H19N7O. The summed E-state index contributed by atoms with van der Waals surface area (Å²) < 4.78 is 1.68. The van der Waals surface area contributed by atoms with Crippen molar-refractivity contribution in [1.82, 2.24) is 34.4 Å². The van der Waals surface area contributed by atoms with Crippen molar-refractivity contribution in [2.75, 3.05) is 7.05 Å². The second-order valence-corrected chi connectivity index (χ2v) is 5.86. The fraction of sp³-hybridized carbons (Fsp3) is 0.375. The highest BCUT2D eigenvalue weighted by molar-refractivity contribution is 5.91. The van der Waals surface area contributed by atoms with Crippen LogP contribution in [0.3, 0.4) is 0 Å². The Morgan fingerprint density at radius 2 is 2.08 bits per heavy atom. The summed E-state index contributed by atoms with van der Waals surface area (Å²) in [6.45, 7) is 5.76. The minimum absolute atomic E-state index is 0.0553. The maximum atomic E-state index is 12.8. The number of likely N-dealkylation sites (N-methyl/N-ethyl adjacent to an activating group) is 1. The van der Waals surface area contributed by atoms with Crippen LogP contribution in [0, 0.1) is 13.8 Å². The van der Waals surface area contributed by atoms with Crippen LogP contribution in [0.25, 0.3) is 5.78 Å². The SMILES string of the molecule is Cc1cc(C)n2c(C(=O)N(C)[C@H](C)Cc3cnccn3)nnc2n1. The van der Waals surface area contributed by atoms with E-state index >= 15 is 0 Å². The van der Waals surface area contributed by atoms with Gasteiger partial charge in [-0.2, -0.15) is 0 Å². The summed E-state index contributed by atoms with van der Waals surface area (Å²) in [7, 11) is 1.75. The molecule has 124 valence electrons. The number of nitrogens with zero attached hydrogens (tertiary/aromatic N) is 7. The van der Waals surface area contributed by atoms with Crippen molar-refractivity contribution in [3.63, 3.8) is 0 Å². The molecule has 0 aliphatic rings. The summed E-state index contributed by atoms with van der Waals surface area (Å²) >= 11 is 0. The van der Waals surface area contributed by atoms with Crippen LogP contribution in [-0.2, 0) is 6.42 Å². The lowest BCUT2D eigenvalue weighted by Gasteiger charge is -2.24. The van der Waals surface area contributed by atoms with E-state index in [2.05, 4.69) is 25.1 Å². The second-order valence-electron chi connectivity index (χ2n) is 5.86. The Morgan fingerprint density at radius 1 is 1.29 bits per heavy atom. The van der Waals surface area contributed by atoms with Gasteiger partial charge in [-0.1, -0.05) is 0 Å². The predicted molar refractivity (Wildman–Crippen MR) is 87.5 cm³/mol. The largest absolute Gasteiger partial charge is 0.336 e. The number of hydrogen-bond donors (Lipinski definition) is 0. The summed E-state index contributed by atoms with van der Waals surface area (Å²) in [5.74, 6) is 0.502. The molecule has 3 aromatic rings. The lowest BCUT2D eigenvalue weighted by Crippen LogP contribution is -2.37. The smallest absolute Gasteiger partial charge is 0.292 e. The van der Waals surface area contributed by atoms with Crippen LogP contribution in [-0.4, -0.2) is 53.4 Å². The van der Waals surface area contributed by atoms with Gasteiger partial charge in [-0.15, -0.1) is 10.2 Å². The van der Waals surface area contributed by atoms with Crippen molar-refractivity contribution in [3.05, 3.63) is 47.6 Å². The summed E-state index contributed by atoms with van der Waals surface area (Å²) in [5.41, 5.74) is 2.56. The number of amides is 1. The van der Waals surface area contributed by atoms with Gasteiger partial charge >= 0.3 is 0 Å². The lowest BCUT2D eigenvalue weighted by molar-refractivity contribution is 0.0728. The average molecular weight is 325 g/mol. The van der Waals surface area contributed by atoms with E-state index in [9.17, 15) is 4.79 Å². The van der Waals surface area contributed by atoms with Gasteiger partial charge in [-0.05, 0) is 26.8 Å². The lowest BCUT2D eigenvalue weighted by atomic mass is 10.1. The maximum Gasteiger partial charge on any atom is 0.292 e. The highest BCUT2D eigenvalue weighted by Gasteiger charge is 2.24. The molecule has 0 aromatic carbocycles. The molecule has 3 aromatic heterocycles. The number of carbonyl (C=O) groups excluding carboxylic acids is 1. The first-order valence-electron chi connectivity index (χ1n) is 7.69. The molecule has 0 aliphatic carbocycles. The molecule has 0 bridgehead atoms. The molecule has 1 amide bonds. The number of aryl methyl sites for hydroxylation is 2. The average Bonchev–Trinajstić information content (AvgIpc) is 2.98. The number of carbonyl (C=O) groups is 1. The highest BCUT2D eigenvalue weighted by Crippen LogP contribution is 2.12. The molecule has 0 N–H and O–H groups in total. The maximum absolute atomic E-state index is 12.8. The van der Waals surface area contributed by atoms with E-state index < -0.39 is 0 Å². The second kappa shape index (κ2) is 6.31. The standard InChI is InChI=1S/C16H19N7O/c1-10-7-12(3)23-14(20-21-16(23)19-10)15(24)22(4)11(2)8-13-9-17-5-6-18-13/h5-7,9,11H,8H2,1-4H3/t11-/m1/s1. The Labute approximate surface area is 139 Å². The van der Waals surface area contributed by atoms with Crippen molar-refractivity contribution in [2.24, 2.45) is 0 Å². The minimum atomic E-state index is -0.201. The van der Waals surface area contributed by atoms with Crippen LogP contribution in [0.1, 0.15) is 34.6 Å². The van der Waals surface area contributed by atoms with Crippen LogP contribution in [0.15, 0.2) is 24.7 Å². The first-order chi connectivity index (χ1) is 11.5. The van der Waals surface area contributed by atoms with Gasteiger partial charge in [-0.25, -0.2) is 4.98 Å². The molecular weight excluding hydrogens is 306 g/mol. The first kappa shape index (κ1) is 16.0. The van der Waals surface area contributed by atoms with Gasteiger partial charge in [0.25, 0.3) is 11.7 Å². The Kier molecular flexibility index (Phi) is 4.20. The number of fused-ring (bicyclic) bond motifs is 1. The Balaban J connectivity index is 1.86. The highest BCUT2D eigenvalue weighted by atomic mass is 16.2. The van der Waals surface area contributed by atoms with Crippen LogP contribution in [0.5, 0.6) is 0 Å². The number of aromatic nitrogens is 6. The zero-order valence-corrected chi connectivity index (χ0v) is 14.1. The minimum Gasteiger partial charge on any atom is -0.336 e. The van der Waals surface area contributed by atoms with Gasteiger partial charge < -0.3 is 4.90 Å². The summed E-state index contributed by atoms with van der Waals surface area (Å²) in [5, 5.41) is 8.06. The Bertz CT molecular complexity index is 875. The third-order valence-electron chi connectivity index (χ3n) is 3.99. The van der Waals surface area contributed by atoms with E-state index in [0.717, 1.165) is 17.1 Å². The van der Waals surface area contributed by atoms with Crippen molar-refractivity contribution >= 4 is 11.7 Å². The van der Waals surface area contributed by atoms with Crippen LogP contribution in [0.2, 0.25) is 0 Å². The van der Waals surface area contributed by atoms with Gasteiger partial charge in [0.05, 0.1) is 5.69 Å². The van der Waals surface area contributed by atoms with Gasteiger partial charge in [0, 0.05) is 49.5 Å². The molecule has 3 heterocycles. The third-order valence-corrected chi connectivity index (χ3v) is 3.99. The topological polar surface area (TPSA) is 89.2 Å². The molecule has 8 heteroatoms. The molecule has 0 saturated carbocycles. The molecule has 3 rings (SSSR count). The number of rotatable bonds is 4. The summed E-state index contributed by atoms with van der Waals surface area (Å²) in [4.78, 5) is 27.1. The van der Waals surface area contributed by atoms with Gasteiger partial charge in [0.15, 0.2) is 0 Å². The number of hydrogen-bond acceptors (Lipinski definition) is 6. The quantitative estimate of drug-likeness (QED) is 0.717. The molecule has 0 aliphatic heterocycles. The fourth-order valence-corrected chi connectivity index (χ4v) is 2.60. The summed E-state index contributed by atoms with van der Waals surface area (Å²) in [6.07, 6.45) is 5.59. The van der Waals surface area contributed by atoms with E-state index in [4.69, 9.17) is 0 Å². The molecule has 0 fully saturated rings. The van der Waals surface area contributed by atoms with E-state index in [0.29, 0.717) is 12.2 Å². The van der Waals surface area contributed by atoms with Crippen molar-refractivity contribution in [1.29, 1.82) is 0 Å². The third kappa shape index (κ3) is 2.94. The molecule has 1 atom stereocenters. The Morgan fingerprint density at radius 3 is 2.79 bits per heavy atom. The normalized spacial score (nSPS) is 12.3.